The van der Waals surface area contributed by atoms with Gasteiger partial charge in [0.15, 0.2) is 15.5 Å². The van der Waals surface area contributed by atoms with Crippen molar-refractivity contribution >= 4 is 26.8 Å². The van der Waals surface area contributed by atoms with Gasteiger partial charge in [0.2, 0.25) is 0 Å². The number of aryl methyl sites for hydroxylation is 3. The molecule has 0 radical (unpaired) electrons. The first-order valence-corrected chi connectivity index (χ1v) is 12.0. The van der Waals surface area contributed by atoms with Crippen LogP contribution in [0.4, 0.5) is 0 Å². The fraction of sp³-hybridized carbons (Fsp3) is 0.217. The number of aromatic amines is 1. The molecule has 0 atom stereocenters. The SMILES string of the molecule is Cc1cc(C)c(CNC(=O)c2cc(-c3ccc(S(C)(=O)=O)cc3)nc3c2cnn3C)c(=O)[nH]1. The highest BCUT2D eigenvalue weighted by Crippen LogP contribution is 2.26. The summed E-state index contributed by atoms with van der Waals surface area (Å²) in [5.41, 5.74) is 3.83. The zero-order chi connectivity index (χ0) is 23.9. The second kappa shape index (κ2) is 8.28. The number of sulfone groups is 1. The highest BCUT2D eigenvalue weighted by atomic mass is 32.2. The number of carbonyl (C=O) groups is 1. The maximum atomic E-state index is 13.1. The van der Waals surface area contributed by atoms with Gasteiger partial charge in [0.05, 0.1) is 27.7 Å². The minimum Gasteiger partial charge on any atom is -0.348 e. The van der Waals surface area contributed by atoms with Crippen LogP contribution in [0.3, 0.4) is 0 Å². The number of nitrogens with zero attached hydrogens (tertiary/aromatic N) is 3. The summed E-state index contributed by atoms with van der Waals surface area (Å²) < 4.78 is 25.1. The van der Waals surface area contributed by atoms with Crippen LogP contribution >= 0.6 is 0 Å². The van der Waals surface area contributed by atoms with Crippen molar-refractivity contribution in [3.8, 4) is 11.3 Å². The molecule has 0 spiro atoms. The molecule has 0 aliphatic heterocycles. The Balaban J connectivity index is 1.72. The molecule has 0 aliphatic rings. The Morgan fingerprint density at radius 3 is 2.48 bits per heavy atom. The summed E-state index contributed by atoms with van der Waals surface area (Å²) in [7, 11) is -1.60. The average Bonchev–Trinajstić information content (AvgIpc) is 3.12. The molecule has 170 valence electrons. The Labute approximate surface area is 190 Å². The van der Waals surface area contributed by atoms with Gasteiger partial charge < -0.3 is 10.3 Å². The number of nitrogens with one attached hydrogen (secondary N) is 2. The van der Waals surface area contributed by atoms with E-state index in [-0.39, 0.29) is 22.9 Å². The third kappa shape index (κ3) is 4.42. The van der Waals surface area contributed by atoms with Crippen LogP contribution in [0.2, 0.25) is 0 Å². The standard InChI is InChI=1S/C23H23N5O4S/c1-13-9-14(2)26-23(30)18(13)11-24-22(29)17-10-20(27-21-19(17)12-25-28(21)3)15-5-7-16(8-6-15)33(4,31)32/h5-10,12H,11H2,1-4H3,(H,24,29)(H,26,30). The fourth-order valence-corrected chi connectivity index (χ4v) is 4.32. The first-order valence-electron chi connectivity index (χ1n) is 10.2. The summed E-state index contributed by atoms with van der Waals surface area (Å²) >= 11 is 0. The van der Waals surface area contributed by atoms with Gasteiger partial charge in [0.1, 0.15) is 0 Å². The van der Waals surface area contributed by atoms with Gasteiger partial charge in [-0.3, -0.25) is 14.3 Å². The summed E-state index contributed by atoms with van der Waals surface area (Å²) in [5, 5.41) is 7.61. The van der Waals surface area contributed by atoms with Gasteiger partial charge in [0, 0.05) is 36.7 Å². The van der Waals surface area contributed by atoms with E-state index in [2.05, 4.69) is 20.4 Å². The first kappa shape index (κ1) is 22.4. The Kier molecular flexibility index (Phi) is 5.62. The van der Waals surface area contributed by atoms with Crippen LogP contribution in [0.5, 0.6) is 0 Å². The lowest BCUT2D eigenvalue weighted by atomic mass is 10.1. The van der Waals surface area contributed by atoms with E-state index in [0.29, 0.717) is 33.4 Å². The van der Waals surface area contributed by atoms with Gasteiger partial charge >= 0.3 is 0 Å². The molecular weight excluding hydrogens is 442 g/mol. The highest BCUT2D eigenvalue weighted by Gasteiger charge is 2.18. The van der Waals surface area contributed by atoms with Crippen LogP contribution in [-0.2, 0) is 23.4 Å². The minimum atomic E-state index is -3.33. The van der Waals surface area contributed by atoms with Crippen LogP contribution in [0.15, 0.2) is 52.3 Å². The topological polar surface area (TPSA) is 127 Å². The van der Waals surface area contributed by atoms with Crippen LogP contribution in [0.25, 0.3) is 22.3 Å². The summed E-state index contributed by atoms with van der Waals surface area (Å²) in [6.07, 6.45) is 2.71. The average molecular weight is 466 g/mol. The molecule has 9 nitrogen and oxygen atoms in total. The maximum absolute atomic E-state index is 13.1. The van der Waals surface area contributed by atoms with Crippen LogP contribution < -0.4 is 10.9 Å². The predicted molar refractivity (Wildman–Crippen MR) is 125 cm³/mol. The minimum absolute atomic E-state index is 0.0722. The van der Waals surface area contributed by atoms with Crippen molar-refractivity contribution in [1.82, 2.24) is 25.1 Å². The van der Waals surface area contributed by atoms with Gasteiger partial charge in [-0.25, -0.2) is 13.4 Å². The summed E-state index contributed by atoms with van der Waals surface area (Å²) in [5.74, 6) is -0.371. The molecule has 3 aromatic heterocycles. The summed E-state index contributed by atoms with van der Waals surface area (Å²) in [6, 6.07) is 9.81. The van der Waals surface area contributed by atoms with Crippen LogP contribution in [-0.4, -0.2) is 40.3 Å². The molecule has 10 heteroatoms. The highest BCUT2D eigenvalue weighted by molar-refractivity contribution is 7.90. The van der Waals surface area contributed by atoms with E-state index in [1.54, 1.807) is 43.0 Å². The molecule has 33 heavy (non-hydrogen) atoms. The van der Waals surface area contributed by atoms with Gasteiger partial charge in [-0.15, -0.1) is 0 Å². The van der Waals surface area contributed by atoms with Crippen molar-refractivity contribution in [2.75, 3.05) is 6.26 Å². The fourth-order valence-electron chi connectivity index (χ4n) is 3.69. The quantitative estimate of drug-likeness (QED) is 0.466. The molecule has 2 N–H and O–H groups in total. The van der Waals surface area contributed by atoms with Crippen molar-refractivity contribution in [2.24, 2.45) is 7.05 Å². The number of fused-ring (bicyclic) bond motifs is 1. The Bertz CT molecular complexity index is 1550. The van der Waals surface area contributed by atoms with Crippen LogP contribution in [0.1, 0.15) is 27.2 Å². The Morgan fingerprint density at radius 1 is 1.15 bits per heavy atom. The molecule has 1 aromatic carbocycles. The zero-order valence-corrected chi connectivity index (χ0v) is 19.4. The maximum Gasteiger partial charge on any atom is 0.253 e. The molecule has 4 rings (SSSR count). The van der Waals surface area contributed by atoms with E-state index in [0.717, 1.165) is 17.5 Å². The predicted octanol–water partition coefficient (Wildman–Crippen LogP) is 2.27. The monoisotopic (exact) mass is 465 g/mol. The molecule has 0 bridgehead atoms. The van der Waals surface area contributed by atoms with Crippen molar-refractivity contribution in [1.29, 1.82) is 0 Å². The van der Waals surface area contributed by atoms with E-state index in [9.17, 15) is 18.0 Å². The number of aromatic nitrogens is 4. The van der Waals surface area contributed by atoms with Crippen molar-refractivity contribution in [3.05, 3.63) is 75.3 Å². The number of H-pyrrole nitrogens is 1. The lowest BCUT2D eigenvalue weighted by Gasteiger charge is -2.11. The number of hydrogen-bond donors (Lipinski definition) is 2. The number of amides is 1. The van der Waals surface area contributed by atoms with Gasteiger partial charge in [-0.1, -0.05) is 12.1 Å². The van der Waals surface area contributed by atoms with E-state index in [1.807, 2.05) is 13.0 Å². The lowest BCUT2D eigenvalue weighted by Crippen LogP contribution is -2.28. The third-order valence-corrected chi connectivity index (χ3v) is 6.58. The molecule has 3 heterocycles. The number of hydrogen-bond acceptors (Lipinski definition) is 6. The van der Waals surface area contributed by atoms with Gasteiger partial charge in [-0.05, 0) is 43.7 Å². The summed E-state index contributed by atoms with van der Waals surface area (Å²) in [4.78, 5) is 33.0. The third-order valence-electron chi connectivity index (χ3n) is 5.45. The van der Waals surface area contributed by atoms with Gasteiger partial charge in [-0.2, -0.15) is 5.10 Å². The lowest BCUT2D eigenvalue weighted by molar-refractivity contribution is 0.0952. The smallest absolute Gasteiger partial charge is 0.253 e. The van der Waals surface area contributed by atoms with E-state index in [1.165, 1.54) is 12.1 Å². The second-order valence-corrected chi connectivity index (χ2v) is 10.00. The number of carbonyl (C=O) groups excluding carboxylic acids is 1. The molecule has 0 saturated heterocycles. The Morgan fingerprint density at radius 2 is 1.85 bits per heavy atom. The number of rotatable bonds is 5. The largest absolute Gasteiger partial charge is 0.348 e. The van der Waals surface area contributed by atoms with E-state index in [4.69, 9.17) is 0 Å². The summed E-state index contributed by atoms with van der Waals surface area (Å²) in [6.45, 7) is 3.70. The number of pyridine rings is 2. The van der Waals surface area contributed by atoms with Crippen LogP contribution in [0, 0.1) is 13.8 Å². The van der Waals surface area contributed by atoms with Crippen molar-refractivity contribution in [2.45, 2.75) is 25.3 Å². The second-order valence-electron chi connectivity index (χ2n) is 7.98. The normalized spacial score (nSPS) is 11.6. The number of benzene rings is 1. The molecule has 0 unspecified atom stereocenters. The zero-order valence-electron chi connectivity index (χ0n) is 18.6. The van der Waals surface area contributed by atoms with E-state index >= 15 is 0 Å². The molecule has 4 aromatic rings. The van der Waals surface area contributed by atoms with Crippen molar-refractivity contribution in [3.63, 3.8) is 0 Å². The first-order chi connectivity index (χ1) is 15.5. The molecule has 0 aliphatic carbocycles. The molecule has 0 saturated carbocycles. The van der Waals surface area contributed by atoms with Gasteiger partial charge in [0.25, 0.3) is 11.5 Å². The molecule has 1 amide bonds. The molecule has 0 fully saturated rings. The van der Waals surface area contributed by atoms with Crippen molar-refractivity contribution < 1.29 is 13.2 Å². The van der Waals surface area contributed by atoms with E-state index < -0.39 is 9.84 Å². The Hall–Kier alpha value is -3.79. The molecular formula is C23H23N5O4S.